The maximum Gasteiger partial charge on any atom is 0.238 e. The molecule has 0 aromatic heterocycles. The highest BCUT2D eigenvalue weighted by Gasteiger charge is 2.70. The molecule has 1 aliphatic heterocycles. The standard InChI is InChI=1S/C28H23NO3/c1-16(30)17-9-8-10-18(15-17)29-25(31)23-24(26(29)32)28(3)21-13-6-4-11-19(21)27(23,2)20-12-5-7-14-22(20)28/h4-15,23-24H,1-3H3/t23-,24-,27?,28?/m1/s1. The van der Waals surface area contributed by atoms with Crippen molar-refractivity contribution in [1.29, 1.82) is 0 Å². The lowest BCUT2D eigenvalue weighted by molar-refractivity contribution is -0.124. The summed E-state index contributed by atoms with van der Waals surface area (Å²) >= 11 is 0. The fourth-order valence-corrected chi connectivity index (χ4v) is 6.69. The van der Waals surface area contributed by atoms with Gasteiger partial charge in [0.05, 0.1) is 17.5 Å². The SMILES string of the molecule is CC(=O)c1cccc(N2C(=O)[C@H]3[C@H](C2=O)C2(C)c4ccccc4C3(C)c3ccccc32)c1. The molecule has 3 aromatic rings. The highest BCUT2D eigenvalue weighted by molar-refractivity contribution is 6.24. The maximum absolute atomic E-state index is 14.0. The van der Waals surface area contributed by atoms with Crippen molar-refractivity contribution in [3.05, 3.63) is 101 Å². The van der Waals surface area contributed by atoms with Gasteiger partial charge in [-0.15, -0.1) is 0 Å². The number of hydrogen-bond donors (Lipinski definition) is 0. The van der Waals surface area contributed by atoms with E-state index >= 15 is 0 Å². The molecular weight excluding hydrogens is 398 g/mol. The van der Waals surface area contributed by atoms with Crippen molar-refractivity contribution >= 4 is 23.3 Å². The molecule has 2 bridgehead atoms. The van der Waals surface area contributed by atoms with Crippen LogP contribution in [0.3, 0.4) is 0 Å². The first-order valence-corrected chi connectivity index (χ1v) is 11.0. The molecule has 1 saturated heterocycles. The number of carbonyl (C=O) groups excluding carboxylic acids is 3. The summed E-state index contributed by atoms with van der Waals surface area (Å²) in [6, 6.07) is 23.3. The second kappa shape index (κ2) is 6.04. The van der Waals surface area contributed by atoms with Crippen LogP contribution in [0.2, 0.25) is 0 Å². The summed E-state index contributed by atoms with van der Waals surface area (Å²) in [6.45, 7) is 5.71. The van der Waals surface area contributed by atoms with E-state index in [0.29, 0.717) is 11.3 Å². The molecule has 2 amide bonds. The van der Waals surface area contributed by atoms with Crippen LogP contribution in [0.5, 0.6) is 0 Å². The lowest BCUT2D eigenvalue weighted by atomic mass is 9.42. The van der Waals surface area contributed by atoms with Crippen molar-refractivity contribution in [3.8, 4) is 0 Å². The van der Waals surface area contributed by atoms with E-state index in [4.69, 9.17) is 0 Å². The van der Waals surface area contributed by atoms with E-state index in [0.717, 1.165) is 22.3 Å². The smallest absolute Gasteiger partial charge is 0.238 e. The van der Waals surface area contributed by atoms with Crippen molar-refractivity contribution in [1.82, 2.24) is 0 Å². The molecule has 4 heteroatoms. The van der Waals surface area contributed by atoms with Gasteiger partial charge < -0.3 is 0 Å². The third-order valence-electron chi connectivity index (χ3n) is 8.15. The highest BCUT2D eigenvalue weighted by Crippen LogP contribution is 2.66. The Kier molecular flexibility index (Phi) is 3.62. The molecule has 0 spiro atoms. The molecule has 0 unspecified atom stereocenters. The van der Waals surface area contributed by atoms with Gasteiger partial charge in [0.15, 0.2) is 5.78 Å². The topological polar surface area (TPSA) is 54.5 Å². The highest BCUT2D eigenvalue weighted by atomic mass is 16.2. The van der Waals surface area contributed by atoms with Gasteiger partial charge in [-0.05, 0) is 41.3 Å². The van der Waals surface area contributed by atoms with Crippen LogP contribution >= 0.6 is 0 Å². The minimum atomic E-state index is -0.602. The summed E-state index contributed by atoms with van der Waals surface area (Å²) in [4.78, 5) is 41.3. The summed E-state index contributed by atoms with van der Waals surface area (Å²) in [7, 11) is 0. The molecule has 2 atom stereocenters. The van der Waals surface area contributed by atoms with Gasteiger partial charge >= 0.3 is 0 Å². The number of carbonyl (C=O) groups is 3. The fraction of sp³-hybridized carbons (Fsp3) is 0.250. The number of hydrogen-bond acceptors (Lipinski definition) is 3. The van der Waals surface area contributed by atoms with Crippen molar-refractivity contribution in [3.63, 3.8) is 0 Å². The Hall–Kier alpha value is -3.53. The van der Waals surface area contributed by atoms with Crippen LogP contribution in [-0.2, 0) is 20.4 Å². The van der Waals surface area contributed by atoms with Crippen LogP contribution in [-0.4, -0.2) is 17.6 Å². The van der Waals surface area contributed by atoms with Crippen molar-refractivity contribution < 1.29 is 14.4 Å². The second-order valence-electron chi connectivity index (χ2n) is 9.57. The lowest BCUT2D eigenvalue weighted by Crippen LogP contribution is -2.59. The summed E-state index contributed by atoms with van der Waals surface area (Å²) in [5.41, 5.74) is 4.27. The number of Topliss-reactive ketones (excluding diaryl/α,β-unsaturated/α-hetero) is 1. The van der Waals surface area contributed by atoms with Gasteiger partial charge in [0.25, 0.3) is 0 Å². The van der Waals surface area contributed by atoms with Gasteiger partial charge in [0.2, 0.25) is 11.8 Å². The fourth-order valence-electron chi connectivity index (χ4n) is 6.69. The van der Waals surface area contributed by atoms with Crippen molar-refractivity contribution in [2.24, 2.45) is 11.8 Å². The van der Waals surface area contributed by atoms with E-state index in [2.05, 4.69) is 38.1 Å². The maximum atomic E-state index is 14.0. The molecule has 1 heterocycles. The Bertz CT molecular complexity index is 1230. The molecule has 32 heavy (non-hydrogen) atoms. The molecule has 4 aliphatic rings. The van der Waals surface area contributed by atoms with E-state index in [9.17, 15) is 14.4 Å². The number of anilines is 1. The molecular formula is C28H23NO3. The van der Waals surface area contributed by atoms with E-state index in [1.807, 2.05) is 24.3 Å². The van der Waals surface area contributed by atoms with Crippen molar-refractivity contribution in [2.75, 3.05) is 4.90 Å². The molecule has 1 fully saturated rings. The first kappa shape index (κ1) is 19.2. The Morgan fingerprint density at radius 3 is 1.56 bits per heavy atom. The zero-order valence-electron chi connectivity index (χ0n) is 18.3. The molecule has 158 valence electrons. The monoisotopic (exact) mass is 421 g/mol. The van der Waals surface area contributed by atoms with Gasteiger partial charge in [0, 0.05) is 16.4 Å². The van der Waals surface area contributed by atoms with E-state index in [-0.39, 0.29) is 17.6 Å². The van der Waals surface area contributed by atoms with Crippen LogP contribution < -0.4 is 4.90 Å². The number of nitrogens with zero attached hydrogens (tertiary/aromatic N) is 1. The first-order valence-electron chi connectivity index (χ1n) is 11.0. The molecule has 3 aliphatic carbocycles. The first-order chi connectivity index (χ1) is 15.3. The molecule has 0 N–H and O–H groups in total. The minimum Gasteiger partial charge on any atom is -0.295 e. The number of ketones is 1. The zero-order chi connectivity index (χ0) is 22.4. The van der Waals surface area contributed by atoms with Gasteiger partial charge in [-0.3, -0.25) is 14.4 Å². The third kappa shape index (κ3) is 2.01. The average Bonchev–Trinajstić information content (AvgIpc) is 3.08. The molecule has 4 nitrogen and oxygen atoms in total. The van der Waals surface area contributed by atoms with Gasteiger partial charge in [-0.25, -0.2) is 4.90 Å². The Balaban J connectivity index is 1.63. The Morgan fingerprint density at radius 2 is 1.16 bits per heavy atom. The van der Waals surface area contributed by atoms with E-state index in [1.54, 1.807) is 24.3 Å². The zero-order valence-corrected chi connectivity index (χ0v) is 18.3. The molecule has 3 aromatic carbocycles. The lowest BCUT2D eigenvalue weighted by Gasteiger charge is -2.57. The molecule has 7 rings (SSSR count). The largest absolute Gasteiger partial charge is 0.295 e. The number of benzene rings is 3. The normalized spacial score (nSPS) is 29.5. The van der Waals surface area contributed by atoms with E-state index in [1.165, 1.54) is 11.8 Å². The number of rotatable bonds is 2. The van der Waals surface area contributed by atoms with Crippen LogP contribution in [0.15, 0.2) is 72.8 Å². The Morgan fingerprint density at radius 1 is 0.719 bits per heavy atom. The molecule has 0 radical (unpaired) electrons. The van der Waals surface area contributed by atoms with Gasteiger partial charge in [-0.2, -0.15) is 0 Å². The van der Waals surface area contributed by atoms with E-state index < -0.39 is 22.7 Å². The predicted molar refractivity (Wildman–Crippen MR) is 122 cm³/mol. The predicted octanol–water partition coefficient (Wildman–Crippen LogP) is 4.63. The van der Waals surface area contributed by atoms with Crippen molar-refractivity contribution in [2.45, 2.75) is 31.6 Å². The third-order valence-corrected chi connectivity index (χ3v) is 8.15. The number of amides is 2. The summed E-state index contributed by atoms with van der Waals surface area (Å²) in [5, 5.41) is 0. The number of imide groups is 1. The quantitative estimate of drug-likeness (QED) is 0.448. The van der Waals surface area contributed by atoms with Gasteiger partial charge in [-0.1, -0.05) is 74.5 Å². The Labute approximate surface area is 186 Å². The summed E-state index contributed by atoms with van der Waals surface area (Å²) in [6.07, 6.45) is 0. The minimum absolute atomic E-state index is 0.0952. The van der Waals surface area contributed by atoms with Crippen LogP contribution in [0.25, 0.3) is 0 Å². The average molecular weight is 421 g/mol. The second-order valence-corrected chi connectivity index (χ2v) is 9.57. The van der Waals surface area contributed by atoms with Gasteiger partial charge in [0.1, 0.15) is 0 Å². The van der Waals surface area contributed by atoms with Crippen LogP contribution in [0.4, 0.5) is 5.69 Å². The van der Waals surface area contributed by atoms with Crippen LogP contribution in [0.1, 0.15) is 53.4 Å². The summed E-state index contributed by atoms with van der Waals surface area (Å²) in [5.74, 6) is -1.45. The summed E-state index contributed by atoms with van der Waals surface area (Å²) < 4.78 is 0. The van der Waals surface area contributed by atoms with Crippen LogP contribution in [0, 0.1) is 11.8 Å². The molecule has 0 saturated carbocycles.